The van der Waals surface area contributed by atoms with Gasteiger partial charge in [-0.15, -0.1) is 0 Å². The largest absolute Gasteiger partial charge is 0.416 e. The molecule has 2 aromatic carbocycles. The van der Waals surface area contributed by atoms with Gasteiger partial charge in [0.15, 0.2) is 0 Å². The molecule has 33 heavy (non-hydrogen) atoms. The Hall–Kier alpha value is -3.75. The number of aryl methyl sites for hydroxylation is 2. The minimum absolute atomic E-state index is 0.226. The fourth-order valence-electron chi connectivity index (χ4n) is 3.62. The van der Waals surface area contributed by atoms with Crippen LogP contribution < -0.4 is 10.9 Å². The van der Waals surface area contributed by atoms with Crippen molar-refractivity contribution in [3.05, 3.63) is 87.9 Å². The standard InChI is InChI=1S/C24H20F4N4O/c1-13(15-5-4-6-17(9-15)24(26,27)28)29-23-19-10-18(16-7-8-22(33)32(3)12-16)20(25)11-21(19)30-14(2)31-23/h4-13H,1-3H3,(H,29,30,31)/t13-/m1/s1. The van der Waals surface area contributed by atoms with E-state index in [1.165, 1.54) is 35.0 Å². The lowest BCUT2D eigenvalue weighted by molar-refractivity contribution is -0.137. The molecule has 9 heteroatoms. The summed E-state index contributed by atoms with van der Waals surface area (Å²) >= 11 is 0. The van der Waals surface area contributed by atoms with E-state index in [0.29, 0.717) is 33.7 Å². The molecule has 0 saturated heterocycles. The van der Waals surface area contributed by atoms with E-state index in [1.807, 2.05) is 0 Å². The zero-order chi connectivity index (χ0) is 23.9. The number of halogens is 4. The molecule has 5 nitrogen and oxygen atoms in total. The summed E-state index contributed by atoms with van der Waals surface area (Å²) in [6.07, 6.45) is -2.92. The van der Waals surface area contributed by atoms with Crippen LogP contribution in [0.1, 0.15) is 29.9 Å². The predicted molar refractivity (Wildman–Crippen MR) is 118 cm³/mol. The maximum absolute atomic E-state index is 14.9. The van der Waals surface area contributed by atoms with Gasteiger partial charge in [0.2, 0.25) is 5.56 Å². The van der Waals surface area contributed by atoms with Crippen molar-refractivity contribution in [1.82, 2.24) is 14.5 Å². The fourth-order valence-corrected chi connectivity index (χ4v) is 3.62. The lowest BCUT2D eigenvalue weighted by atomic mass is 10.0. The molecule has 0 amide bonds. The van der Waals surface area contributed by atoms with Crippen molar-refractivity contribution >= 4 is 16.7 Å². The second-order valence-electron chi connectivity index (χ2n) is 7.82. The molecular formula is C24H20F4N4O. The first-order valence-electron chi connectivity index (χ1n) is 10.1. The molecule has 2 aromatic heterocycles. The molecule has 170 valence electrons. The number of rotatable bonds is 4. The van der Waals surface area contributed by atoms with Gasteiger partial charge in [0.1, 0.15) is 17.5 Å². The van der Waals surface area contributed by atoms with Gasteiger partial charge in [0, 0.05) is 47.9 Å². The monoisotopic (exact) mass is 456 g/mol. The Morgan fingerprint density at radius 1 is 1.06 bits per heavy atom. The molecule has 4 rings (SSSR count). The van der Waals surface area contributed by atoms with Crippen LogP contribution >= 0.6 is 0 Å². The third-order valence-electron chi connectivity index (χ3n) is 5.36. The van der Waals surface area contributed by atoms with Crippen molar-refractivity contribution in [3.63, 3.8) is 0 Å². The lowest BCUT2D eigenvalue weighted by Crippen LogP contribution is -2.14. The van der Waals surface area contributed by atoms with Gasteiger partial charge in [-0.25, -0.2) is 14.4 Å². The van der Waals surface area contributed by atoms with E-state index in [2.05, 4.69) is 15.3 Å². The molecule has 0 fully saturated rings. The smallest absolute Gasteiger partial charge is 0.363 e. The molecule has 0 aliphatic heterocycles. The SMILES string of the molecule is Cc1nc(N[C@H](C)c2cccc(C(F)(F)F)c2)c2cc(-c3ccc(=O)n(C)c3)c(F)cc2n1. The zero-order valence-corrected chi connectivity index (χ0v) is 18.0. The highest BCUT2D eigenvalue weighted by atomic mass is 19.4. The summed E-state index contributed by atoms with van der Waals surface area (Å²) in [5.41, 5.74) is 0.559. The van der Waals surface area contributed by atoms with Gasteiger partial charge in [0.05, 0.1) is 11.1 Å². The molecule has 0 bridgehead atoms. The topological polar surface area (TPSA) is 59.8 Å². The minimum atomic E-state index is -4.45. The van der Waals surface area contributed by atoms with Gasteiger partial charge in [-0.1, -0.05) is 12.1 Å². The van der Waals surface area contributed by atoms with E-state index < -0.39 is 23.6 Å². The third kappa shape index (κ3) is 4.57. The van der Waals surface area contributed by atoms with Gasteiger partial charge in [-0.3, -0.25) is 4.79 Å². The summed E-state index contributed by atoms with van der Waals surface area (Å²) in [6, 6.07) is 10.3. The molecule has 0 radical (unpaired) electrons. The quantitative estimate of drug-likeness (QED) is 0.404. The van der Waals surface area contributed by atoms with E-state index >= 15 is 0 Å². The van der Waals surface area contributed by atoms with Crippen LogP contribution in [0.3, 0.4) is 0 Å². The van der Waals surface area contributed by atoms with Gasteiger partial charge in [-0.05, 0) is 43.7 Å². The van der Waals surface area contributed by atoms with Gasteiger partial charge < -0.3 is 9.88 Å². The number of alkyl halides is 3. The second kappa shape index (κ2) is 8.31. The fraction of sp³-hybridized carbons (Fsp3) is 0.208. The van der Waals surface area contributed by atoms with E-state index in [1.54, 1.807) is 33.0 Å². The first-order chi connectivity index (χ1) is 15.5. The van der Waals surface area contributed by atoms with Crippen molar-refractivity contribution in [2.75, 3.05) is 5.32 Å². The number of benzene rings is 2. The average molecular weight is 456 g/mol. The number of nitrogens with one attached hydrogen (secondary N) is 1. The number of aromatic nitrogens is 3. The number of nitrogens with zero attached hydrogens (tertiary/aromatic N) is 3. The van der Waals surface area contributed by atoms with Crippen molar-refractivity contribution in [2.24, 2.45) is 7.05 Å². The van der Waals surface area contributed by atoms with Crippen LogP contribution in [0.25, 0.3) is 22.0 Å². The van der Waals surface area contributed by atoms with Crippen LogP contribution in [0.5, 0.6) is 0 Å². The summed E-state index contributed by atoms with van der Waals surface area (Å²) in [4.78, 5) is 20.4. The van der Waals surface area contributed by atoms with Gasteiger partial charge in [-0.2, -0.15) is 13.2 Å². The maximum atomic E-state index is 14.9. The Kier molecular flexibility index (Phi) is 5.65. The molecule has 0 aliphatic carbocycles. The Morgan fingerprint density at radius 3 is 2.52 bits per heavy atom. The van der Waals surface area contributed by atoms with Crippen LogP contribution in [-0.2, 0) is 13.2 Å². The number of hydrogen-bond donors (Lipinski definition) is 1. The Labute approximate surface area is 186 Å². The highest BCUT2D eigenvalue weighted by Gasteiger charge is 2.30. The molecule has 1 N–H and O–H groups in total. The number of fused-ring (bicyclic) bond motifs is 1. The van der Waals surface area contributed by atoms with Crippen LogP contribution in [0.15, 0.2) is 59.5 Å². The van der Waals surface area contributed by atoms with E-state index in [0.717, 1.165) is 12.1 Å². The zero-order valence-electron chi connectivity index (χ0n) is 18.0. The van der Waals surface area contributed by atoms with Gasteiger partial charge in [0.25, 0.3) is 0 Å². The number of anilines is 1. The van der Waals surface area contributed by atoms with Crippen LogP contribution in [0, 0.1) is 12.7 Å². The minimum Gasteiger partial charge on any atom is -0.363 e. The Bertz CT molecular complexity index is 1410. The first kappa shape index (κ1) is 22.4. The van der Waals surface area contributed by atoms with Crippen molar-refractivity contribution in [3.8, 4) is 11.1 Å². The highest BCUT2D eigenvalue weighted by molar-refractivity contribution is 5.93. The van der Waals surface area contributed by atoms with Crippen molar-refractivity contribution in [2.45, 2.75) is 26.1 Å². The molecule has 0 aliphatic rings. The molecule has 1 atom stereocenters. The molecule has 2 heterocycles. The second-order valence-corrected chi connectivity index (χ2v) is 7.82. The maximum Gasteiger partial charge on any atom is 0.416 e. The molecule has 0 unspecified atom stereocenters. The Morgan fingerprint density at radius 2 is 1.82 bits per heavy atom. The van der Waals surface area contributed by atoms with Crippen molar-refractivity contribution < 1.29 is 17.6 Å². The van der Waals surface area contributed by atoms with E-state index in [9.17, 15) is 22.4 Å². The van der Waals surface area contributed by atoms with Crippen LogP contribution in [0.4, 0.5) is 23.4 Å². The molecule has 0 saturated carbocycles. The number of hydrogen-bond acceptors (Lipinski definition) is 4. The summed E-state index contributed by atoms with van der Waals surface area (Å²) < 4.78 is 55.6. The average Bonchev–Trinajstić information content (AvgIpc) is 2.74. The summed E-state index contributed by atoms with van der Waals surface area (Å²) in [6.45, 7) is 3.37. The van der Waals surface area contributed by atoms with Crippen LogP contribution in [-0.4, -0.2) is 14.5 Å². The molecular weight excluding hydrogens is 436 g/mol. The number of pyridine rings is 1. The summed E-state index contributed by atoms with van der Waals surface area (Å²) in [5, 5.41) is 3.65. The summed E-state index contributed by atoms with van der Waals surface area (Å²) in [5.74, 6) is 0.236. The van der Waals surface area contributed by atoms with Crippen LogP contribution in [0.2, 0.25) is 0 Å². The highest BCUT2D eigenvalue weighted by Crippen LogP contribution is 2.33. The van der Waals surface area contributed by atoms with E-state index in [-0.39, 0.29) is 11.1 Å². The lowest BCUT2D eigenvalue weighted by Gasteiger charge is -2.19. The molecule has 0 spiro atoms. The normalized spacial score (nSPS) is 12.7. The predicted octanol–water partition coefficient (Wildman–Crippen LogP) is 5.63. The first-order valence-corrected chi connectivity index (χ1v) is 10.1. The molecule has 4 aromatic rings. The third-order valence-corrected chi connectivity index (χ3v) is 5.36. The van der Waals surface area contributed by atoms with Crippen molar-refractivity contribution in [1.29, 1.82) is 0 Å². The van der Waals surface area contributed by atoms with E-state index in [4.69, 9.17) is 0 Å². The van der Waals surface area contributed by atoms with Gasteiger partial charge >= 0.3 is 6.18 Å². The Balaban J connectivity index is 1.79. The summed E-state index contributed by atoms with van der Waals surface area (Å²) in [7, 11) is 1.57.